The second-order valence-electron chi connectivity index (χ2n) is 3.69. The number of anilines is 1. The van der Waals surface area contributed by atoms with Crippen molar-refractivity contribution in [3.63, 3.8) is 0 Å². The average molecular weight is 267 g/mol. The van der Waals surface area contributed by atoms with Gasteiger partial charge >= 0.3 is 6.01 Å². The molecule has 96 valence electrons. The van der Waals surface area contributed by atoms with Gasteiger partial charge in [-0.2, -0.15) is 4.98 Å². The minimum absolute atomic E-state index is 0.238. The predicted molar refractivity (Wildman–Crippen MR) is 69.0 cm³/mol. The van der Waals surface area contributed by atoms with E-state index in [4.69, 9.17) is 4.52 Å². The fourth-order valence-corrected chi connectivity index (χ4v) is 2.10. The molecule has 1 aromatic heterocycles. The maximum absolute atomic E-state index is 13.0. The van der Waals surface area contributed by atoms with Crippen molar-refractivity contribution in [2.45, 2.75) is 24.0 Å². The number of hydrogen-bond donors (Lipinski definition) is 1. The fourth-order valence-electron chi connectivity index (χ4n) is 1.32. The standard InChI is InChI=1S/C12H14FN3OS/c1-2-6-14-12-15-11(16-17-12)8-18-10-5-3-4-9(13)7-10/h3-5,7H,2,6,8H2,1H3,(H,14,15,16). The van der Waals surface area contributed by atoms with Crippen LogP contribution < -0.4 is 5.32 Å². The molecular weight excluding hydrogens is 253 g/mol. The summed E-state index contributed by atoms with van der Waals surface area (Å²) in [5.41, 5.74) is 0. The van der Waals surface area contributed by atoms with E-state index in [9.17, 15) is 4.39 Å². The Bertz CT molecular complexity index is 504. The van der Waals surface area contributed by atoms with E-state index in [0.29, 0.717) is 17.6 Å². The van der Waals surface area contributed by atoms with Crippen LogP contribution in [0.5, 0.6) is 0 Å². The number of halogens is 1. The number of nitrogens with one attached hydrogen (secondary N) is 1. The molecule has 4 nitrogen and oxygen atoms in total. The third-order valence-electron chi connectivity index (χ3n) is 2.16. The van der Waals surface area contributed by atoms with Crippen LogP contribution in [-0.4, -0.2) is 16.7 Å². The summed E-state index contributed by atoms with van der Waals surface area (Å²) in [7, 11) is 0. The molecule has 1 N–H and O–H groups in total. The van der Waals surface area contributed by atoms with Crippen LogP contribution in [0.1, 0.15) is 19.2 Å². The number of nitrogens with zero attached hydrogens (tertiary/aromatic N) is 2. The van der Waals surface area contributed by atoms with Gasteiger partial charge in [0.2, 0.25) is 0 Å². The molecule has 0 unspecified atom stereocenters. The molecule has 0 fully saturated rings. The molecule has 0 radical (unpaired) electrons. The first-order chi connectivity index (χ1) is 8.78. The Labute approximate surface area is 109 Å². The topological polar surface area (TPSA) is 51.0 Å². The monoisotopic (exact) mass is 267 g/mol. The second kappa shape index (κ2) is 6.39. The highest BCUT2D eigenvalue weighted by Gasteiger charge is 2.06. The number of thioether (sulfide) groups is 1. The van der Waals surface area contributed by atoms with Gasteiger partial charge in [-0.05, 0) is 24.6 Å². The molecule has 6 heteroatoms. The Morgan fingerprint density at radius 2 is 2.33 bits per heavy atom. The van der Waals surface area contributed by atoms with Gasteiger partial charge in [0.15, 0.2) is 5.82 Å². The zero-order chi connectivity index (χ0) is 12.8. The molecule has 2 rings (SSSR count). The van der Waals surface area contributed by atoms with Crippen molar-refractivity contribution in [3.8, 4) is 0 Å². The van der Waals surface area contributed by atoms with Crippen LogP contribution in [0.4, 0.5) is 10.4 Å². The SMILES string of the molecule is CCCNc1nc(CSc2cccc(F)c2)no1. The minimum Gasteiger partial charge on any atom is -0.338 e. The van der Waals surface area contributed by atoms with Gasteiger partial charge in [0, 0.05) is 11.4 Å². The van der Waals surface area contributed by atoms with E-state index in [1.165, 1.54) is 23.9 Å². The molecular formula is C12H14FN3OS. The van der Waals surface area contributed by atoms with E-state index in [0.717, 1.165) is 17.9 Å². The Morgan fingerprint density at radius 3 is 3.11 bits per heavy atom. The quantitative estimate of drug-likeness (QED) is 0.814. The van der Waals surface area contributed by atoms with Gasteiger partial charge in [0.05, 0.1) is 5.75 Å². The summed E-state index contributed by atoms with van der Waals surface area (Å²) in [6, 6.07) is 6.88. The molecule has 0 atom stereocenters. The maximum atomic E-state index is 13.0. The molecule has 18 heavy (non-hydrogen) atoms. The predicted octanol–water partition coefficient (Wildman–Crippen LogP) is 3.32. The molecule has 2 aromatic rings. The summed E-state index contributed by atoms with van der Waals surface area (Å²) >= 11 is 1.47. The minimum atomic E-state index is -0.238. The lowest BCUT2D eigenvalue weighted by Gasteiger charge is -1.97. The molecule has 0 saturated heterocycles. The highest BCUT2D eigenvalue weighted by atomic mass is 32.2. The summed E-state index contributed by atoms with van der Waals surface area (Å²) in [6.07, 6.45) is 0.996. The van der Waals surface area contributed by atoms with Gasteiger partial charge in [-0.3, -0.25) is 0 Å². The first-order valence-electron chi connectivity index (χ1n) is 5.72. The third-order valence-corrected chi connectivity index (χ3v) is 3.15. The first-order valence-corrected chi connectivity index (χ1v) is 6.71. The van der Waals surface area contributed by atoms with Gasteiger partial charge in [-0.25, -0.2) is 4.39 Å². The second-order valence-corrected chi connectivity index (χ2v) is 4.74. The van der Waals surface area contributed by atoms with Crippen LogP contribution in [0.2, 0.25) is 0 Å². The van der Waals surface area contributed by atoms with E-state index in [-0.39, 0.29) is 5.82 Å². The van der Waals surface area contributed by atoms with E-state index in [2.05, 4.69) is 22.4 Å². The molecule has 0 amide bonds. The molecule has 0 spiro atoms. The number of benzene rings is 1. The largest absolute Gasteiger partial charge is 0.338 e. The van der Waals surface area contributed by atoms with Gasteiger partial charge in [-0.15, -0.1) is 11.8 Å². The number of rotatable bonds is 6. The molecule has 0 aliphatic carbocycles. The average Bonchev–Trinajstić information content (AvgIpc) is 2.82. The van der Waals surface area contributed by atoms with E-state index >= 15 is 0 Å². The van der Waals surface area contributed by atoms with Crippen molar-refractivity contribution in [3.05, 3.63) is 35.9 Å². The van der Waals surface area contributed by atoms with Crippen molar-refractivity contribution < 1.29 is 8.91 Å². The van der Waals surface area contributed by atoms with Crippen LogP contribution in [0.15, 0.2) is 33.7 Å². The molecule has 1 aromatic carbocycles. The number of hydrogen-bond acceptors (Lipinski definition) is 5. The first kappa shape index (κ1) is 12.9. The third kappa shape index (κ3) is 3.73. The van der Waals surface area contributed by atoms with Crippen molar-refractivity contribution in [2.75, 3.05) is 11.9 Å². The fraction of sp³-hybridized carbons (Fsp3) is 0.333. The van der Waals surface area contributed by atoms with Crippen LogP contribution in [0.3, 0.4) is 0 Å². The summed E-state index contributed by atoms with van der Waals surface area (Å²) in [6.45, 7) is 2.86. The van der Waals surface area contributed by atoms with E-state index in [1.807, 2.05) is 6.07 Å². The van der Waals surface area contributed by atoms with Gasteiger partial charge < -0.3 is 9.84 Å². The zero-order valence-corrected chi connectivity index (χ0v) is 10.8. The number of aromatic nitrogens is 2. The highest BCUT2D eigenvalue weighted by molar-refractivity contribution is 7.98. The Morgan fingerprint density at radius 1 is 1.44 bits per heavy atom. The summed E-state index contributed by atoms with van der Waals surface area (Å²) in [4.78, 5) is 5.03. The zero-order valence-electron chi connectivity index (χ0n) is 10.0. The molecule has 0 aliphatic heterocycles. The molecule has 0 saturated carbocycles. The normalized spacial score (nSPS) is 10.6. The summed E-state index contributed by atoms with van der Waals surface area (Å²) < 4.78 is 18.0. The smallest absolute Gasteiger partial charge is 0.321 e. The Kier molecular flexibility index (Phi) is 4.58. The summed E-state index contributed by atoms with van der Waals surface area (Å²) in [5, 5.41) is 6.86. The van der Waals surface area contributed by atoms with Gasteiger partial charge in [-0.1, -0.05) is 18.1 Å². The molecule has 1 heterocycles. The van der Waals surface area contributed by atoms with Crippen molar-refractivity contribution in [1.82, 2.24) is 10.1 Å². The van der Waals surface area contributed by atoms with E-state index in [1.54, 1.807) is 6.07 Å². The lowest BCUT2D eigenvalue weighted by Crippen LogP contribution is -1.99. The van der Waals surface area contributed by atoms with Crippen molar-refractivity contribution >= 4 is 17.8 Å². The molecule has 0 bridgehead atoms. The van der Waals surface area contributed by atoms with Crippen LogP contribution in [0.25, 0.3) is 0 Å². The lowest BCUT2D eigenvalue weighted by molar-refractivity contribution is 0.425. The molecule has 0 aliphatic rings. The van der Waals surface area contributed by atoms with Gasteiger partial charge in [0.25, 0.3) is 0 Å². The van der Waals surface area contributed by atoms with Crippen molar-refractivity contribution in [2.24, 2.45) is 0 Å². The Balaban J connectivity index is 1.88. The van der Waals surface area contributed by atoms with E-state index < -0.39 is 0 Å². The lowest BCUT2D eigenvalue weighted by atomic mass is 10.4. The summed E-state index contributed by atoms with van der Waals surface area (Å²) in [5.74, 6) is 0.919. The van der Waals surface area contributed by atoms with Crippen LogP contribution in [-0.2, 0) is 5.75 Å². The van der Waals surface area contributed by atoms with Crippen LogP contribution >= 0.6 is 11.8 Å². The maximum Gasteiger partial charge on any atom is 0.321 e. The highest BCUT2D eigenvalue weighted by Crippen LogP contribution is 2.22. The van der Waals surface area contributed by atoms with Gasteiger partial charge in [0.1, 0.15) is 5.82 Å². The Hall–Kier alpha value is -1.56. The van der Waals surface area contributed by atoms with Crippen molar-refractivity contribution in [1.29, 1.82) is 0 Å². The van der Waals surface area contributed by atoms with Crippen LogP contribution in [0, 0.1) is 5.82 Å².